The number of hydrogen-bond acceptors (Lipinski definition) is 5. The number of aliphatic hydroxyl groups excluding tert-OH is 1. The van der Waals surface area contributed by atoms with Gasteiger partial charge in [0.05, 0.1) is 18.8 Å². The van der Waals surface area contributed by atoms with Crippen molar-refractivity contribution in [1.29, 1.82) is 0 Å². The number of nitrogens with one attached hydrogen (secondary N) is 2. The van der Waals surface area contributed by atoms with Crippen molar-refractivity contribution >= 4 is 16.8 Å². The number of benzene rings is 1. The number of aliphatic hydroxyl groups is 1. The van der Waals surface area contributed by atoms with E-state index >= 15 is 0 Å². The van der Waals surface area contributed by atoms with Crippen molar-refractivity contribution in [3.63, 3.8) is 0 Å². The number of H-pyrrole nitrogens is 1. The Morgan fingerprint density at radius 2 is 2.21 bits per heavy atom. The van der Waals surface area contributed by atoms with Crippen molar-refractivity contribution in [3.05, 3.63) is 75.6 Å². The van der Waals surface area contributed by atoms with E-state index in [-0.39, 0.29) is 23.4 Å². The number of carbonyl (C=O) groups is 1. The van der Waals surface area contributed by atoms with E-state index in [0.717, 1.165) is 5.56 Å². The van der Waals surface area contributed by atoms with Gasteiger partial charge in [0.25, 0.3) is 5.91 Å². The molecule has 150 valence electrons. The highest BCUT2D eigenvalue weighted by atomic mass is 19.1. The topological polar surface area (TPSA) is 104 Å². The minimum absolute atomic E-state index is 0.0701. The zero-order chi connectivity index (χ0) is 20.4. The molecule has 2 aromatic heterocycles. The average molecular weight is 397 g/mol. The zero-order valence-corrected chi connectivity index (χ0v) is 15.5. The van der Waals surface area contributed by atoms with E-state index < -0.39 is 23.9 Å². The predicted octanol–water partition coefficient (Wildman–Crippen LogP) is 1.53. The first-order valence-electron chi connectivity index (χ1n) is 9.34. The summed E-state index contributed by atoms with van der Waals surface area (Å²) in [4.78, 5) is 30.9. The van der Waals surface area contributed by atoms with Crippen LogP contribution in [0, 0.1) is 5.82 Å². The van der Waals surface area contributed by atoms with Gasteiger partial charge >= 0.3 is 0 Å². The fourth-order valence-corrected chi connectivity index (χ4v) is 3.45. The third-order valence-electron chi connectivity index (χ3n) is 4.99. The molecule has 1 aliphatic heterocycles. The lowest BCUT2D eigenvalue weighted by Gasteiger charge is -2.28. The molecule has 3 aromatic rings. The number of amides is 1. The number of aromatic amines is 1. The number of aromatic nitrogens is 2. The summed E-state index contributed by atoms with van der Waals surface area (Å²) in [5, 5.41) is 13.4. The monoisotopic (exact) mass is 397 g/mol. The Hall–Kier alpha value is -3.10. The second kappa shape index (κ2) is 8.10. The fourth-order valence-electron chi connectivity index (χ4n) is 3.45. The third kappa shape index (κ3) is 4.18. The minimum Gasteiger partial charge on any atom is -0.389 e. The van der Waals surface area contributed by atoms with Crippen molar-refractivity contribution in [2.45, 2.75) is 25.0 Å². The molecular formula is C21H20FN3O4. The molecule has 0 bridgehead atoms. The molecule has 0 spiro atoms. The second-order valence-corrected chi connectivity index (χ2v) is 7.05. The van der Waals surface area contributed by atoms with E-state index in [9.17, 15) is 19.1 Å². The lowest BCUT2D eigenvalue weighted by molar-refractivity contribution is -0.0261. The number of fused-ring (bicyclic) bond motifs is 1. The van der Waals surface area contributed by atoms with Crippen LogP contribution in [0.2, 0.25) is 0 Å². The van der Waals surface area contributed by atoms with Crippen molar-refractivity contribution in [1.82, 2.24) is 15.3 Å². The molecule has 7 nitrogen and oxygen atoms in total. The smallest absolute Gasteiger partial charge is 0.270 e. The van der Waals surface area contributed by atoms with Crippen LogP contribution in [-0.2, 0) is 11.2 Å². The summed E-state index contributed by atoms with van der Waals surface area (Å²) in [5.41, 5.74) is 1.48. The maximum absolute atomic E-state index is 14.4. The van der Waals surface area contributed by atoms with Crippen molar-refractivity contribution in [2.24, 2.45) is 0 Å². The number of nitrogens with zero attached hydrogens (tertiary/aromatic N) is 1. The first-order chi connectivity index (χ1) is 14.0. The maximum atomic E-state index is 14.4. The molecule has 0 saturated carbocycles. The van der Waals surface area contributed by atoms with E-state index in [1.807, 2.05) is 0 Å². The normalized spacial score (nSPS) is 19.2. The number of para-hydroxylation sites is 1. The Balaban J connectivity index is 1.70. The standard InChI is InChI=1S/C21H20FN3O4/c22-15-3-1-2-14-13(8-12-4-5-19(27)23-10-12)9-17(24-20(14)15)21(28)25-16-6-7-29-11-18(16)26/h1-5,9-10,16,18,26H,6-8,11H2,(H,23,27)(H,25,28)/t16?,18-/m0/s1. The van der Waals surface area contributed by atoms with Crippen LogP contribution in [-0.4, -0.2) is 46.3 Å². The number of carbonyl (C=O) groups excluding carboxylic acids is 1. The Labute approximate surface area is 165 Å². The number of ether oxygens (including phenoxy) is 1. The zero-order valence-electron chi connectivity index (χ0n) is 15.5. The highest BCUT2D eigenvalue weighted by molar-refractivity contribution is 5.96. The Morgan fingerprint density at radius 1 is 1.34 bits per heavy atom. The van der Waals surface area contributed by atoms with Gasteiger partial charge in [-0.25, -0.2) is 9.37 Å². The first-order valence-corrected chi connectivity index (χ1v) is 9.34. The van der Waals surface area contributed by atoms with Gasteiger partial charge in [-0.05, 0) is 36.1 Å². The van der Waals surface area contributed by atoms with Gasteiger partial charge in [0.2, 0.25) is 5.56 Å². The summed E-state index contributed by atoms with van der Waals surface area (Å²) >= 11 is 0. The van der Waals surface area contributed by atoms with E-state index in [1.165, 1.54) is 12.1 Å². The molecule has 1 aliphatic rings. The van der Waals surface area contributed by atoms with Gasteiger partial charge in [-0.3, -0.25) is 9.59 Å². The highest BCUT2D eigenvalue weighted by Crippen LogP contribution is 2.23. The molecule has 1 unspecified atom stereocenters. The van der Waals surface area contributed by atoms with Crippen LogP contribution in [0.1, 0.15) is 28.0 Å². The van der Waals surface area contributed by atoms with E-state index in [2.05, 4.69) is 15.3 Å². The Morgan fingerprint density at radius 3 is 2.97 bits per heavy atom. The van der Waals surface area contributed by atoms with Crippen LogP contribution in [0.4, 0.5) is 4.39 Å². The van der Waals surface area contributed by atoms with Crippen molar-refractivity contribution in [3.8, 4) is 0 Å². The van der Waals surface area contributed by atoms with Gasteiger partial charge in [0.15, 0.2) is 0 Å². The minimum atomic E-state index is -0.800. The molecule has 8 heteroatoms. The molecule has 3 N–H and O–H groups in total. The van der Waals surface area contributed by atoms with Crippen LogP contribution < -0.4 is 10.9 Å². The molecule has 3 heterocycles. The van der Waals surface area contributed by atoms with Gasteiger partial charge in [0.1, 0.15) is 17.0 Å². The highest BCUT2D eigenvalue weighted by Gasteiger charge is 2.26. The number of halogens is 1. The molecule has 29 heavy (non-hydrogen) atoms. The SMILES string of the molecule is O=C(NC1CCOC[C@@H]1O)c1cc(Cc2ccc(=O)[nH]c2)c2cccc(F)c2n1. The van der Waals surface area contributed by atoms with Crippen molar-refractivity contribution in [2.75, 3.05) is 13.2 Å². The average Bonchev–Trinajstić information content (AvgIpc) is 2.72. The molecule has 4 rings (SSSR count). The Bertz CT molecular complexity index is 1090. The van der Waals surface area contributed by atoms with Crippen LogP contribution in [0.25, 0.3) is 10.9 Å². The molecule has 1 amide bonds. The van der Waals surface area contributed by atoms with Crippen LogP contribution in [0.3, 0.4) is 0 Å². The van der Waals surface area contributed by atoms with Crippen LogP contribution >= 0.6 is 0 Å². The summed E-state index contributed by atoms with van der Waals surface area (Å²) < 4.78 is 19.6. The molecule has 1 aromatic carbocycles. The molecule has 2 atom stereocenters. The van der Waals surface area contributed by atoms with Gasteiger partial charge in [-0.15, -0.1) is 0 Å². The van der Waals surface area contributed by atoms with E-state index in [0.29, 0.717) is 30.4 Å². The quantitative estimate of drug-likeness (QED) is 0.619. The molecule has 0 radical (unpaired) electrons. The lowest BCUT2D eigenvalue weighted by Crippen LogP contribution is -2.48. The summed E-state index contributed by atoms with van der Waals surface area (Å²) in [7, 11) is 0. The number of hydrogen-bond donors (Lipinski definition) is 3. The molecule has 0 aliphatic carbocycles. The second-order valence-electron chi connectivity index (χ2n) is 7.05. The predicted molar refractivity (Wildman–Crippen MR) is 104 cm³/mol. The van der Waals surface area contributed by atoms with Crippen molar-refractivity contribution < 1.29 is 19.0 Å². The molecular weight excluding hydrogens is 377 g/mol. The van der Waals surface area contributed by atoms with Gasteiger partial charge in [-0.2, -0.15) is 0 Å². The van der Waals surface area contributed by atoms with Gasteiger partial charge in [0, 0.05) is 24.3 Å². The first kappa shape index (κ1) is 19.2. The summed E-state index contributed by atoms with van der Waals surface area (Å²) in [6.07, 6.45) is 1.66. The maximum Gasteiger partial charge on any atom is 0.270 e. The summed E-state index contributed by atoms with van der Waals surface area (Å²) in [5.74, 6) is -1.00. The number of rotatable bonds is 4. The molecule has 1 fully saturated rings. The Kier molecular flexibility index (Phi) is 5.37. The van der Waals surface area contributed by atoms with Gasteiger partial charge in [-0.1, -0.05) is 18.2 Å². The largest absolute Gasteiger partial charge is 0.389 e. The summed E-state index contributed by atoms with van der Waals surface area (Å²) in [6, 6.07) is 8.90. The molecule has 1 saturated heterocycles. The van der Waals surface area contributed by atoms with Crippen LogP contribution in [0.5, 0.6) is 0 Å². The summed E-state index contributed by atoms with van der Waals surface area (Å²) in [6.45, 7) is 0.599. The van der Waals surface area contributed by atoms with E-state index in [1.54, 1.807) is 30.5 Å². The van der Waals surface area contributed by atoms with Crippen LogP contribution in [0.15, 0.2) is 47.4 Å². The lowest BCUT2D eigenvalue weighted by atomic mass is 10.0. The number of pyridine rings is 2. The van der Waals surface area contributed by atoms with E-state index in [4.69, 9.17) is 4.74 Å². The third-order valence-corrected chi connectivity index (χ3v) is 4.99. The fraction of sp³-hybridized carbons (Fsp3) is 0.286. The van der Waals surface area contributed by atoms with Gasteiger partial charge < -0.3 is 20.1 Å².